The number of rotatable bonds is 4. The molecule has 1 saturated heterocycles. The van der Waals surface area contributed by atoms with Gasteiger partial charge in [0, 0.05) is 24.2 Å². The van der Waals surface area contributed by atoms with Crippen LogP contribution in [0, 0.1) is 26.7 Å². The Morgan fingerprint density at radius 1 is 1.24 bits per heavy atom. The Kier molecular flexibility index (Phi) is 4.40. The van der Waals surface area contributed by atoms with Crippen LogP contribution in [0.5, 0.6) is 0 Å². The molecule has 0 atom stereocenters. The molecule has 1 aliphatic rings. The third kappa shape index (κ3) is 3.71. The highest BCUT2D eigenvalue weighted by atomic mass is 32.1. The summed E-state index contributed by atoms with van der Waals surface area (Å²) in [6.07, 6.45) is 2.53. The standard InChI is InChI=1S/C16H24N4S/c1-12-8-13(2)20(18-12)9-15-4-6-19(7-5-15)10-16-11-21-14(3)17-16/h8,11,15H,4-7,9-10H2,1-3H3. The van der Waals surface area contributed by atoms with E-state index in [-0.39, 0.29) is 0 Å². The lowest BCUT2D eigenvalue weighted by atomic mass is 9.96. The number of aryl methyl sites for hydroxylation is 3. The van der Waals surface area contributed by atoms with Crippen LogP contribution in [0.15, 0.2) is 11.4 Å². The molecule has 3 heterocycles. The van der Waals surface area contributed by atoms with E-state index >= 15 is 0 Å². The van der Waals surface area contributed by atoms with Gasteiger partial charge in [0.1, 0.15) is 0 Å². The van der Waals surface area contributed by atoms with Crippen molar-refractivity contribution in [1.29, 1.82) is 0 Å². The summed E-state index contributed by atoms with van der Waals surface area (Å²) in [5.41, 5.74) is 3.64. The molecular weight excluding hydrogens is 280 g/mol. The van der Waals surface area contributed by atoms with E-state index < -0.39 is 0 Å². The Labute approximate surface area is 130 Å². The summed E-state index contributed by atoms with van der Waals surface area (Å²) in [5, 5.41) is 7.95. The minimum Gasteiger partial charge on any atom is -0.297 e. The summed E-state index contributed by atoms with van der Waals surface area (Å²) in [4.78, 5) is 7.10. The lowest BCUT2D eigenvalue weighted by Crippen LogP contribution is -2.34. The van der Waals surface area contributed by atoms with E-state index in [1.54, 1.807) is 11.3 Å². The summed E-state index contributed by atoms with van der Waals surface area (Å²) < 4.78 is 2.18. The molecular formula is C16H24N4S. The summed E-state index contributed by atoms with van der Waals surface area (Å²) >= 11 is 1.75. The van der Waals surface area contributed by atoms with Gasteiger partial charge in [-0.05, 0) is 58.7 Å². The van der Waals surface area contributed by atoms with E-state index in [1.165, 1.54) is 42.3 Å². The lowest BCUT2D eigenvalue weighted by molar-refractivity contribution is 0.163. The molecule has 2 aromatic rings. The van der Waals surface area contributed by atoms with Crippen molar-refractivity contribution in [3.8, 4) is 0 Å². The van der Waals surface area contributed by atoms with Crippen LogP contribution in [0.3, 0.4) is 0 Å². The molecule has 0 unspecified atom stereocenters. The predicted octanol–water partition coefficient (Wildman–Crippen LogP) is 3.18. The van der Waals surface area contributed by atoms with Crippen LogP contribution in [-0.4, -0.2) is 32.8 Å². The zero-order valence-electron chi connectivity index (χ0n) is 13.2. The first-order chi connectivity index (χ1) is 10.1. The van der Waals surface area contributed by atoms with Crippen LogP contribution >= 0.6 is 11.3 Å². The third-order valence-electron chi connectivity index (χ3n) is 4.29. The monoisotopic (exact) mass is 304 g/mol. The molecule has 0 spiro atoms. The average molecular weight is 304 g/mol. The highest BCUT2D eigenvalue weighted by Crippen LogP contribution is 2.21. The van der Waals surface area contributed by atoms with Crippen molar-refractivity contribution in [2.24, 2.45) is 5.92 Å². The maximum absolute atomic E-state index is 4.59. The zero-order chi connectivity index (χ0) is 14.8. The van der Waals surface area contributed by atoms with Gasteiger partial charge in [-0.1, -0.05) is 0 Å². The summed E-state index contributed by atoms with van der Waals surface area (Å²) in [7, 11) is 0. The number of aromatic nitrogens is 3. The van der Waals surface area contributed by atoms with Crippen LogP contribution in [-0.2, 0) is 13.1 Å². The normalized spacial score (nSPS) is 17.5. The quantitative estimate of drug-likeness (QED) is 0.870. The second-order valence-electron chi connectivity index (χ2n) is 6.19. The Morgan fingerprint density at radius 3 is 2.57 bits per heavy atom. The van der Waals surface area contributed by atoms with Gasteiger partial charge in [0.15, 0.2) is 0 Å². The fourth-order valence-corrected chi connectivity index (χ4v) is 3.75. The molecule has 3 rings (SSSR count). The molecule has 0 aliphatic carbocycles. The van der Waals surface area contributed by atoms with E-state index in [0.29, 0.717) is 0 Å². The molecule has 0 aromatic carbocycles. The molecule has 2 aromatic heterocycles. The second kappa shape index (κ2) is 6.28. The number of hydrogen-bond acceptors (Lipinski definition) is 4. The molecule has 0 N–H and O–H groups in total. The topological polar surface area (TPSA) is 34.0 Å². The van der Waals surface area contributed by atoms with Crippen molar-refractivity contribution in [1.82, 2.24) is 19.7 Å². The van der Waals surface area contributed by atoms with Crippen molar-refractivity contribution in [2.75, 3.05) is 13.1 Å². The molecule has 0 amide bonds. The van der Waals surface area contributed by atoms with Crippen LogP contribution < -0.4 is 0 Å². The fraction of sp³-hybridized carbons (Fsp3) is 0.625. The summed E-state index contributed by atoms with van der Waals surface area (Å²) in [5.74, 6) is 0.761. The summed E-state index contributed by atoms with van der Waals surface area (Å²) in [6, 6.07) is 2.17. The first-order valence-corrected chi connectivity index (χ1v) is 8.62. The molecule has 1 fully saturated rings. The van der Waals surface area contributed by atoms with E-state index in [4.69, 9.17) is 0 Å². The molecule has 0 bridgehead atoms. The van der Waals surface area contributed by atoms with E-state index in [9.17, 15) is 0 Å². The zero-order valence-corrected chi connectivity index (χ0v) is 14.0. The molecule has 0 radical (unpaired) electrons. The third-order valence-corrected chi connectivity index (χ3v) is 5.12. The minimum atomic E-state index is 0.761. The first-order valence-electron chi connectivity index (χ1n) is 7.74. The SMILES string of the molecule is Cc1cc(C)n(CC2CCN(Cc3csc(C)n3)CC2)n1. The molecule has 0 saturated carbocycles. The number of likely N-dealkylation sites (tertiary alicyclic amines) is 1. The van der Waals surface area contributed by atoms with Crippen LogP contribution in [0.2, 0.25) is 0 Å². The van der Waals surface area contributed by atoms with Gasteiger partial charge in [-0.3, -0.25) is 9.58 Å². The molecule has 5 heteroatoms. The van der Waals surface area contributed by atoms with Gasteiger partial charge in [-0.2, -0.15) is 5.10 Å². The Balaban J connectivity index is 1.50. The maximum atomic E-state index is 4.59. The van der Waals surface area contributed by atoms with Gasteiger partial charge in [0.25, 0.3) is 0 Å². The highest BCUT2D eigenvalue weighted by molar-refractivity contribution is 7.09. The minimum absolute atomic E-state index is 0.761. The summed E-state index contributed by atoms with van der Waals surface area (Å²) in [6.45, 7) is 10.7. The van der Waals surface area contributed by atoms with Gasteiger partial charge >= 0.3 is 0 Å². The molecule has 21 heavy (non-hydrogen) atoms. The van der Waals surface area contributed by atoms with Gasteiger partial charge in [0.05, 0.1) is 16.4 Å². The van der Waals surface area contributed by atoms with Gasteiger partial charge in [-0.15, -0.1) is 11.3 Å². The van der Waals surface area contributed by atoms with Gasteiger partial charge in [-0.25, -0.2) is 4.98 Å². The number of hydrogen-bond donors (Lipinski definition) is 0. The lowest BCUT2D eigenvalue weighted by Gasteiger charge is -2.31. The van der Waals surface area contributed by atoms with Crippen LogP contribution in [0.4, 0.5) is 0 Å². The van der Waals surface area contributed by atoms with Crippen LogP contribution in [0.1, 0.15) is 34.9 Å². The van der Waals surface area contributed by atoms with Crippen molar-refractivity contribution in [2.45, 2.75) is 46.7 Å². The average Bonchev–Trinajstić information content (AvgIpc) is 2.98. The molecule has 114 valence electrons. The van der Waals surface area contributed by atoms with Gasteiger partial charge < -0.3 is 0 Å². The van der Waals surface area contributed by atoms with E-state index in [2.05, 4.69) is 51.9 Å². The smallest absolute Gasteiger partial charge is 0.0897 e. The van der Waals surface area contributed by atoms with Gasteiger partial charge in [0.2, 0.25) is 0 Å². The largest absolute Gasteiger partial charge is 0.297 e. The predicted molar refractivity (Wildman–Crippen MR) is 86.6 cm³/mol. The molecule has 1 aliphatic heterocycles. The fourth-order valence-electron chi connectivity index (χ4n) is 3.14. The first kappa shape index (κ1) is 14.7. The Bertz CT molecular complexity index is 593. The van der Waals surface area contributed by atoms with E-state index in [0.717, 1.165) is 24.7 Å². The van der Waals surface area contributed by atoms with Crippen LogP contribution in [0.25, 0.3) is 0 Å². The van der Waals surface area contributed by atoms with Crippen molar-refractivity contribution in [3.05, 3.63) is 33.5 Å². The van der Waals surface area contributed by atoms with Crippen molar-refractivity contribution >= 4 is 11.3 Å². The Morgan fingerprint density at radius 2 is 2.00 bits per heavy atom. The second-order valence-corrected chi connectivity index (χ2v) is 7.25. The van der Waals surface area contributed by atoms with E-state index in [1.807, 2.05) is 0 Å². The van der Waals surface area contributed by atoms with Crippen molar-refractivity contribution < 1.29 is 0 Å². The maximum Gasteiger partial charge on any atom is 0.0897 e. The molecule has 4 nitrogen and oxygen atoms in total. The Hall–Kier alpha value is -1.20. The highest BCUT2D eigenvalue weighted by Gasteiger charge is 2.21. The number of piperidine rings is 1. The number of thiazole rings is 1. The van der Waals surface area contributed by atoms with Crippen molar-refractivity contribution in [3.63, 3.8) is 0 Å². The number of nitrogens with zero attached hydrogens (tertiary/aromatic N) is 4.